The predicted molar refractivity (Wildman–Crippen MR) is 155 cm³/mol. The number of halogens is 1. The summed E-state index contributed by atoms with van der Waals surface area (Å²) in [6.07, 6.45) is 2.37. The maximum Gasteiger partial charge on any atom is 0.230 e. The summed E-state index contributed by atoms with van der Waals surface area (Å²) in [6.45, 7) is 11.4. The number of benzene rings is 1. The fourth-order valence-electron chi connectivity index (χ4n) is 5.56. The fourth-order valence-corrected chi connectivity index (χ4v) is 5.56. The molecule has 0 radical (unpaired) electrons. The molecular formula is C31H37FN6O3. The molecule has 216 valence electrons. The molecule has 1 amide bonds. The van der Waals surface area contributed by atoms with Crippen molar-refractivity contribution in [3.8, 4) is 0 Å². The molecule has 0 spiro atoms. The zero-order valence-corrected chi connectivity index (χ0v) is 23.8. The SMILES string of the molecule is C=C(c1ccc(F)cc1)c1ccnc2c1C(=O)C(NC(=O)CCCN1CCN(C)CC1)=C(N1CCN(C)CC1)C2=O. The number of hydrogen-bond acceptors (Lipinski definition) is 8. The molecule has 2 fully saturated rings. The highest BCUT2D eigenvalue weighted by atomic mass is 19.1. The Hall–Kier alpha value is -3.73. The summed E-state index contributed by atoms with van der Waals surface area (Å²) in [7, 11) is 4.11. The number of nitrogens with one attached hydrogen (secondary N) is 1. The molecule has 0 saturated carbocycles. The lowest BCUT2D eigenvalue weighted by molar-refractivity contribution is -0.120. The Bertz CT molecular complexity index is 1370. The van der Waals surface area contributed by atoms with Crippen LogP contribution in [0.3, 0.4) is 0 Å². The van der Waals surface area contributed by atoms with Crippen LogP contribution in [0.2, 0.25) is 0 Å². The van der Waals surface area contributed by atoms with E-state index in [2.05, 4.69) is 38.6 Å². The van der Waals surface area contributed by atoms with Crippen molar-refractivity contribution in [2.24, 2.45) is 0 Å². The molecule has 1 aromatic heterocycles. The minimum Gasteiger partial charge on any atom is -0.364 e. The number of aromatic nitrogens is 1. The van der Waals surface area contributed by atoms with Gasteiger partial charge in [0.15, 0.2) is 0 Å². The summed E-state index contributed by atoms with van der Waals surface area (Å²) in [5.74, 6) is -1.55. The van der Waals surface area contributed by atoms with Crippen LogP contribution >= 0.6 is 0 Å². The van der Waals surface area contributed by atoms with Crippen LogP contribution in [0.1, 0.15) is 44.8 Å². The van der Waals surface area contributed by atoms with Crippen molar-refractivity contribution in [2.75, 3.05) is 73.0 Å². The van der Waals surface area contributed by atoms with Gasteiger partial charge in [0.25, 0.3) is 0 Å². The average Bonchev–Trinajstić information content (AvgIpc) is 2.97. The molecule has 0 unspecified atom stereocenters. The number of carbonyl (C=O) groups is 3. The van der Waals surface area contributed by atoms with E-state index in [0.717, 1.165) is 45.8 Å². The number of ketones is 2. The number of rotatable bonds is 8. The molecule has 3 heterocycles. The Balaban J connectivity index is 1.42. The Morgan fingerprint density at radius 1 is 0.927 bits per heavy atom. The van der Waals surface area contributed by atoms with E-state index in [1.807, 2.05) is 11.9 Å². The molecule has 1 N–H and O–H groups in total. The van der Waals surface area contributed by atoms with Crippen molar-refractivity contribution < 1.29 is 18.8 Å². The lowest BCUT2D eigenvalue weighted by atomic mass is 9.86. The van der Waals surface area contributed by atoms with E-state index >= 15 is 0 Å². The molecule has 41 heavy (non-hydrogen) atoms. The van der Waals surface area contributed by atoms with Crippen LogP contribution < -0.4 is 5.32 Å². The summed E-state index contributed by atoms with van der Waals surface area (Å²) in [5, 5.41) is 2.84. The average molecular weight is 561 g/mol. The summed E-state index contributed by atoms with van der Waals surface area (Å²) < 4.78 is 13.6. The Kier molecular flexibility index (Phi) is 8.72. The van der Waals surface area contributed by atoms with E-state index in [0.29, 0.717) is 36.2 Å². The van der Waals surface area contributed by atoms with Crippen LogP contribution in [0.4, 0.5) is 4.39 Å². The highest BCUT2D eigenvalue weighted by Crippen LogP contribution is 2.33. The van der Waals surface area contributed by atoms with Gasteiger partial charge in [0.2, 0.25) is 17.5 Å². The van der Waals surface area contributed by atoms with Crippen molar-refractivity contribution in [3.63, 3.8) is 0 Å². The number of fused-ring (bicyclic) bond motifs is 1. The van der Waals surface area contributed by atoms with Gasteiger partial charge in [-0.2, -0.15) is 0 Å². The molecule has 2 aromatic rings. The van der Waals surface area contributed by atoms with Gasteiger partial charge in [-0.25, -0.2) is 4.39 Å². The maximum absolute atomic E-state index is 14.2. The standard InChI is InChI=1S/C31H37FN6O3/c1-21(22-6-8-23(32)9-7-22)24-10-11-33-27-26(24)30(40)28(29(31(27)41)38-19-15-36(3)16-20-38)34-25(39)5-4-12-37-17-13-35(2)14-18-37/h6-11H,1,4-5,12-20H2,2-3H3,(H,34,39). The molecule has 10 heteroatoms. The summed E-state index contributed by atoms with van der Waals surface area (Å²) in [4.78, 5) is 54.3. The second kappa shape index (κ2) is 12.4. The zero-order chi connectivity index (χ0) is 29.1. The van der Waals surface area contributed by atoms with Crippen molar-refractivity contribution in [2.45, 2.75) is 12.8 Å². The third-order valence-corrected chi connectivity index (χ3v) is 8.15. The first-order valence-electron chi connectivity index (χ1n) is 14.1. The van der Waals surface area contributed by atoms with Gasteiger partial charge in [0.1, 0.15) is 22.9 Å². The highest BCUT2D eigenvalue weighted by Gasteiger charge is 2.39. The number of amides is 1. The van der Waals surface area contributed by atoms with Crippen molar-refractivity contribution >= 4 is 23.0 Å². The summed E-state index contributed by atoms with van der Waals surface area (Å²) >= 11 is 0. The normalized spacial score (nSPS) is 19.0. The van der Waals surface area contributed by atoms with Gasteiger partial charge in [-0.3, -0.25) is 19.4 Å². The topological polar surface area (TPSA) is 89.1 Å². The molecule has 0 atom stereocenters. The number of pyridine rings is 1. The Labute approximate surface area is 240 Å². The van der Waals surface area contributed by atoms with Crippen molar-refractivity contribution in [1.82, 2.24) is 29.9 Å². The largest absolute Gasteiger partial charge is 0.364 e. The second-order valence-corrected chi connectivity index (χ2v) is 11.0. The van der Waals surface area contributed by atoms with E-state index < -0.39 is 11.6 Å². The number of Topliss-reactive ketones (excluding diaryl/α,β-unsaturated/α-hetero) is 2. The summed E-state index contributed by atoms with van der Waals surface area (Å²) in [5.41, 5.74) is 1.85. The number of nitrogens with zero attached hydrogens (tertiary/aromatic N) is 5. The van der Waals surface area contributed by atoms with Crippen LogP contribution in [-0.4, -0.2) is 115 Å². The van der Waals surface area contributed by atoms with Gasteiger partial charge >= 0.3 is 0 Å². The quantitative estimate of drug-likeness (QED) is 0.526. The van der Waals surface area contributed by atoms with Gasteiger partial charge in [0, 0.05) is 65.0 Å². The summed E-state index contributed by atoms with van der Waals surface area (Å²) in [6, 6.07) is 7.43. The monoisotopic (exact) mass is 560 g/mol. The number of allylic oxidation sites excluding steroid dienone is 2. The zero-order valence-electron chi connectivity index (χ0n) is 23.8. The highest BCUT2D eigenvalue weighted by molar-refractivity contribution is 6.28. The van der Waals surface area contributed by atoms with Gasteiger partial charge in [0.05, 0.1) is 5.56 Å². The Morgan fingerprint density at radius 3 is 2.22 bits per heavy atom. The van der Waals surface area contributed by atoms with Gasteiger partial charge < -0.3 is 24.9 Å². The first-order chi connectivity index (χ1) is 19.7. The number of likely N-dealkylation sites (N-methyl/N-ethyl adjacent to an activating group) is 2. The van der Waals surface area contributed by atoms with E-state index in [1.165, 1.54) is 18.3 Å². The molecule has 1 aromatic carbocycles. The first-order valence-corrected chi connectivity index (χ1v) is 14.1. The van der Waals surface area contributed by atoms with E-state index in [-0.39, 0.29) is 40.8 Å². The maximum atomic E-state index is 14.2. The van der Waals surface area contributed by atoms with Crippen molar-refractivity contribution in [3.05, 3.63) is 82.7 Å². The Morgan fingerprint density at radius 2 is 1.56 bits per heavy atom. The molecule has 3 aliphatic rings. The lowest BCUT2D eigenvalue weighted by Gasteiger charge is -2.37. The third-order valence-electron chi connectivity index (χ3n) is 8.15. The molecule has 2 aliphatic heterocycles. The third kappa shape index (κ3) is 6.29. The number of carbonyl (C=O) groups excluding carboxylic acids is 3. The van der Waals surface area contributed by atoms with Gasteiger partial charge in [-0.05, 0) is 62.0 Å². The van der Waals surface area contributed by atoms with E-state index in [9.17, 15) is 18.8 Å². The van der Waals surface area contributed by atoms with E-state index in [4.69, 9.17) is 0 Å². The van der Waals surface area contributed by atoms with Gasteiger partial charge in [-0.1, -0.05) is 18.7 Å². The molecule has 0 bridgehead atoms. The van der Waals surface area contributed by atoms with Gasteiger partial charge in [-0.15, -0.1) is 0 Å². The molecule has 5 rings (SSSR count). The number of hydrogen-bond donors (Lipinski definition) is 1. The van der Waals surface area contributed by atoms with Crippen LogP contribution in [0.15, 0.2) is 54.5 Å². The van der Waals surface area contributed by atoms with Crippen LogP contribution in [0, 0.1) is 5.82 Å². The van der Waals surface area contributed by atoms with Crippen LogP contribution in [-0.2, 0) is 4.79 Å². The second-order valence-electron chi connectivity index (χ2n) is 11.0. The minimum absolute atomic E-state index is 0.00203. The smallest absolute Gasteiger partial charge is 0.230 e. The predicted octanol–water partition coefficient (Wildman–Crippen LogP) is 2.26. The van der Waals surface area contributed by atoms with Crippen LogP contribution in [0.25, 0.3) is 5.57 Å². The minimum atomic E-state index is -0.465. The number of piperazine rings is 2. The van der Waals surface area contributed by atoms with Crippen molar-refractivity contribution in [1.29, 1.82) is 0 Å². The van der Waals surface area contributed by atoms with E-state index in [1.54, 1.807) is 18.2 Å². The van der Waals surface area contributed by atoms with Crippen LogP contribution in [0.5, 0.6) is 0 Å². The fraction of sp³-hybridized carbons (Fsp3) is 0.419. The first kappa shape index (κ1) is 28.8. The lowest BCUT2D eigenvalue weighted by Crippen LogP contribution is -2.48. The molecule has 1 aliphatic carbocycles. The molecular weight excluding hydrogens is 523 g/mol. The molecule has 9 nitrogen and oxygen atoms in total. The molecule has 2 saturated heterocycles.